The largest absolute Gasteiger partial charge is 0.384 e. The summed E-state index contributed by atoms with van der Waals surface area (Å²) in [4.78, 5) is 11.3. The van der Waals surface area contributed by atoms with Crippen LogP contribution < -0.4 is 10.6 Å². The van der Waals surface area contributed by atoms with Crippen LogP contribution in [0.1, 0.15) is 27.2 Å². The fraction of sp³-hybridized carbons (Fsp3) is 0.909. The van der Waals surface area contributed by atoms with E-state index in [0.29, 0.717) is 12.5 Å². The maximum atomic E-state index is 11.3. The average Bonchev–Trinajstić information content (AvgIpc) is 2.18. The molecule has 2 N–H and O–H groups in total. The standard InChI is InChI=1S/C11H24N2O2/c1-5-10(3)13-11(14)7-12-6-9(2)8-15-4/h9-10,12H,5-8H2,1-4H3,(H,13,14). The second-order valence-corrected chi connectivity index (χ2v) is 4.07. The van der Waals surface area contributed by atoms with Gasteiger partial charge in [0.25, 0.3) is 0 Å². The normalized spacial score (nSPS) is 14.7. The maximum Gasteiger partial charge on any atom is 0.234 e. The van der Waals surface area contributed by atoms with E-state index in [0.717, 1.165) is 19.6 Å². The van der Waals surface area contributed by atoms with E-state index in [2.05, 4.69) is 24.5 Å². The summed E-state index contributed by atoms with van der Waals surface area (Å²) in [6.45, 7) is 8.06. The van der Waals surface area contributed by atoms with Crippen molar-refractivity contribution in [2.45, 2.75) is 33.2 Å². The molecule has 4 heteroatoms. The molecule has 0 aromatic carbocycles. The second-order valence-electron chi connectivity index (χ2n) is 4.07. The summed E-state index contributed by atoms with van der Waals surface area (Å²) in [7, 11) is 1.69. The van der Waals surface area contributed by atoms with Gasteiger partial charge >= 0.3 is 0 Å². The van der Waals surface area contributed by atoms with Crippen LogP contribution >= 0.6 is 0 Å². The lowest BCUT2D eigenvalue weighted by atomic mass is 10.2. The van der Waals surface area contributed by atoms with Gasteiger partial charge in [0, 0.05) is 26.3 Å². The van der Waals surface area contributed by atoms with E-state index in [1.54, 1.807) is 7.11 Å². The molecular formula is C11H24N2O2. The molecule has 15 heavy (non-hydrogen) atoms. The number of carbonyl (C=O) groups is 1. The fourth-order valence-corrected chi connectivity index (χ4v) is 1.20. The summed E-state index contributed by atoms with van der Waals surface area (Å²) in [6, 6.07) is 0.260. The Labute approximate surface area is 92.8 Å². The highest BCUT2D eigenvalue weighted by Gasteiger charge is 2.06. The molecule has 2 unspecified atom stereocenters. The van der Waals surface area contributed by atoms with Crippen molar-refractivity contribution in [3.05, 3.63) is 0 Å². The van der Waals surface area contributed by atoms with E-state index < -0.39 is 0 Å². The van der Waals surface area contributed by atoms with Crippen molar-refractivity contribution in [3.8, 4) is 0 Å². The number of hydrogen-bond donors (Lipinski definition) is 2. The number of methoxy groups -OCH3 is 1. The molecule has 0 aliphatic rings. The molecule has 0 aromatic heterocycles. The van der Waals surface area contributed by atoms with Crippen molar-refractivity contribution in [1.82, 2.24) is 10.6 Å². The van der Waals surface area contributed by atoms with Gasteiger partial charge in [-0.1, -0.05) is 13.8 Å². The Morgan fingerprint density at radius 1 is 1.40 bits per heavy atom. The Kier molecular flexibility index (Phi) is 8.33. The van der Waals surface area contributed by atoms with Gasteiger partial charge in [-0.3, -0.25) is 4.79 Å². The van der Waals surface area contributed by atoms with Crippen LogP contribution in [0.3, 0.4) is 0 Å². The monoisotopic (exact) mass is 216 g/mol. The van der Waals surface area contributed by atoms with Crippen molar-refractivity contribution < 1.29 is 9.53 Å². The molecule has 0 saturated heterocycles. The van der Waals surface area contributed by atoms with Crippen LogP contribution in [0.25, 0.3) is 0 Å². The van der Waals surface area contributed by atoms with Crippen LogP contribution in [0.4, 0.5) is 0 Å². The van der Waals surface area contributed by atoms with Crippen molar-refractivity contribution in [1.29, 1.82) is 0 Å². The van der Waals surface area contributed by atoms with Crippen LogP contribution in [0.5, 0.6) is 0 Å². The number of ether oxygens (including phenoxy) is 1. The third kappa shape index (κ3) is 8.39. The predicted octanol–water partition coefficient (Wildman–Crippen LogP) is 0.773. The molecule has 0 radical (unpaired) electrons. The molecule has 0 aromatic rings. The third-order valence-corrected chi connectivity index (χ3v) is 2.25. The first-order valence-corrected chi connectivity index (χ1v) is 5.59. The predicted molar refractivity (Wildman–Crippen MR) is 61.8 cm³/mol. The smallest absolute Gasteiger partial charge is 0.234 e. The van der Waals surface area contributed by atoms with Gasteiger partial charge in [-0.25, -0.2) is 0 Å². The summed E-state index contributed by atoms with van der Waals surface area (Å²) < 4.78 is 5.00. The highest BCUT2D eigenvalue weighted by molar-refractivity contribution is 5.78. The van der Waals surface area contributed by atoms with Gasteiger partial charge in [-0.05, 0) is 19.3 Å². The molecule has 4 nitrogen and oxygen atoms in total. The van der Waals surface area contributed by atoms with Gasteiger partial charge in [0.05, 0.1) is 6.54 Å². The Bertz CT molecular complexity index is 174. The van der Waals surface area contributed by atoms with Crippen LogP contribution in [0, 0.1) is 5.92 Å². The van der Waals surface area contributed by atoms with Crippen molar-refractivity contribution in [3.63, 3.8) is 0 Å². The van der Waals surface area contributed by atoms with Crippen LogP contribution in [-0.4, -0.2) is 38.8 Å². The molecule has 0 spiro atoms. The summed E-state index contributed by atoms with van der Waals surface area (Å²) in [5.41, 5.74) is 0. The summed E-state index contributed by atoms with van der Waals surface area (Å²) >= 11 is 0. The van der Waals surface area contributed by atoms with Crippen molar-refractivity contribution >= 4 is 5.91 Å². The molecule has 0 saturated carbocycles. The van der Waals surface area contributed by atoms with E-state index >= 15 is 0 Å². The highest BCUT2D eigenvalue weighted by atomic mass is 16.5. The Balaban J connectivity index is 3.46. The lowest BCUT2D eigenvalue weighted by Gasteiger charge is -2.13. The topological polar surface area (TPSA) is 50.4 Å². The van der Waals surface area contributed by atoms with E-state index in [1.807, 2.05) is 6.92 Å². The van der Waals surface area contributed by atoms with E-state index in [4.69, 9.17) is 4.74 Å². The number of carbonyl (C=O) groups excluding carboxylic acids is 1. The zero-order valence-corrected chi connectivity index (χ0v) is 10.3. The minimum atomic E-state index is 0.0639. The number of nitrogens with one attached hydrogen (secondary N) is 2. The molecule has 0 rings (SSSR count). The number of amides is 1. The second kappa shape index (κ2) is 8.68. The first kappa shape index (κ1) is 14.4. The van der Waals surface area contributed by atoms with Crippen LogP contribution in [0.15, 0.2) is 0 Å². The lowest BCUT2D eigenvalue weighted by molar-refractivity contribution is -0.120. The van der Waals surface area contributed by atoms with Crippen molar-refractivity contribution in [2.24, 2.45) is 5.92 Å². The number of hydrogen-bond acceptors (Lipinski definition) is 3. The summed E-state index contributed by atoms with van der Waals surface area (Å²) in [5.74, 6) is 0.500. The molecule has 1 amide bonds. The maximum absolute atomic E-state index is 11.3. The van der Waals surface area contributed by atoms with Gasteiger partial charge < -0.3 is 15.4 Å². The Morgan fingerprint density at radius 3 is 2.60 bits per heavy atom. The van der Waals surface area contributed by atoms with Gasteiger partial charge in [0.1, 0.15) is 0 Å². The van der Waals surface area contributed by atoms with Gasteiger partial charge in [-0.15, -0.1) is 0 Å². The average molecular weight is 216 g/mol. The third-order valence-electron chi connectivity index (χ3n) is 2.25. The zero-order chi connectivity index (χ0) is 11.7. The fourth-order valence-electron chi connectivity index (χ4n) is 1.20. The van der Waals surface area contributed by atoms with E-state index in [1.165, 1.54) is 0 Å². The Hall–Kier alpha value is -0.610. The minimum Gasteiger partial charge on any atom is -0.384 e. The van der Waals surface area contributed by atoms with E-state index in [-0.39, 0.29) is 11.9 Å². The quantitative estimate of drug-likeness (QED) is 0.630. The molecule has 0 fully saturated rings. The number of rotatable bonds is 8. The lowest BCUT2D eigenvalue weighted by Crippen LogP contribution is -2.40. The van der Waals surface area contributed by atoms with Crippen LogP contribution in [-0.2, 0) is 9.53 Å². The van der Waals surface area contributed by atoms with Gasteiger partial charge in [0.2, 0.25) is 5.91 Å². The van der Waals surface area contributed by atoms with Crippen LogP contribution in [0.2, 0.25) is 0 Å². The molecule has 0 heterocycles. The Morgan fingerprint density at radius 2 is 2.07 bits per heavy atom. The molecule has 0 aliphatic carbocycles. The van der Waals surface area contributed by atoms with Gasteiger partial charge in [-0.2, -0.15) is 0 Å². The highest BCUT2D eigenvalue weighted by Crippen LogP contribution is 1.91. The minimum absolute atomic E-state index is 0.0639. The molecular weight excluding hydrogens is 192 g/mol. The summed E-state index contributed by atoms with van der Waals surface area (Å²) in [6.07, 6.45) is 0.964. The van der Waals surface area contributed by atoms with Gasteiger partial charge in [0.15, 0.2) is 0 Å². The van der Waals surface area contributed by atoms with E-state index in [9.17, 15) is 4.79 Å². The molecule has 0 bridgehead atoms. The first-order chi connectivity index (χ1) is 7.10. The SMILES string of the molecule is CCC(C)NC(=O)CNCC(C)COC. The molecule has 90 valence electrons. The molecule has 0 aliphatic heterocycles. The summed E-state index contributed by atoms with van der Waals surface area (Å²) in [5, 5.41) is 6.01. The zero-order valence-electron chi connectivity index (χ0n) is 10.3. The first-order valence-electron chi connectivity index (χ1n) is 5.59. The molecule has 2 atom stereocenters. The van der Waals surface area contributed by atoms with Crippen molar-refractivity contribution in [2.75, 3.05) is 26.8 Å².